The van der Waals surface area contributed by atoms with E-state index in [0.717, 1.165) is 50.8 Å². The Balaban J connectivity index is 1.11. The number of hydrogen-bond acceptors (Lipinski definition) is 4. The molecular formula is C35H38N2O3. The number of nitrogens with zero attached hydrogens (tertiary/aromatic N) is 2. The maximum Gasteiger partial charge on any atom is 0.254 e. The molecule has 0 spiro atoms. The summed E-state index contributed by atoms with van der Waals surface area (Å²) in [5.74, 6) is 0.754. The summed E-state index contributed by atoms with van der Waals surface area (Å²) in [5, 5.41) is 10.7. The fourth-order valence-corrected chi connectivity index (χ4v) is 9.71. The maximum atomic E-state index is 13.7. The number of phenolic OH excluding ortho intramolecular Hbond substituents is 1. The zero-order valence-electron chi connectivity index (χ0n) is 23.0. The van der Waals surface area contributed by atoms with Gasteiger partial charge in [-0.3, -0.25) is 9.69 Å². The first-order chi connectivity index (χ1) is 19.6. The third-order valence-corrected chi connectivity index (χ3v) is 11.1. The van der Waals surface area contributed by atoms with Crippen LogP contribution >= 0.6 is 0 Å². The Kier molecular flexibility index (Phi) is 5.66. The van der Waals surface area contributed by atoms with Crippen molar-refractivity contribution in [3.05, 3.63) is 101 Å². The molecule has 3 heterocycles. The Hall–Kier alpha value is -3.15. The Morgan fingerprint density at radius 3 is 2.60 bits per heavy atom. The predicted octanol–water partition coefficient (Wildman–Crippen LogP) is 5.36. The van der Waals surface area contributed by atoms with Gasteiger partial charge in [0.25, 0.3) is 5.91 Å². The van der Waals surface area contributed by atoms with E-state index in [4.69, 9.17) is 4.74 Å². The van der Waals surface area contributed by atoms with Crippen LogP contribution in [0.3, 0.4) is 0 Å². The minimum Gasteiger partial charge on any atom is -0.508 e. The first kappa shape index (κ1) is 24.6. The molecule has 3 saturated heterocycles. The minimum absolute atomic E-state index is 0.0500. The van der Waals surface area contributed by atoms with E-state index in [2.05, 4.69) is 46.2 Å². The van der Waals surface area contributed by atoms with Crippen LogP contribution in [0.5, 0.6) is 5.75 Å². The second-order valence-electron chi connectivity index (χ2n) is 12.8. The van der Waals surface area contributed by atoms with Crippen molar-refractivity contribution in [3.63, 3.8) is 0 Å². The van der Waals surface area contributed by atoms with Gasteiger partial charge in [-0.2, -0.15) is 0 Å². The van der Waals surface area contributed by atoms with Crippen LogP contribution in [-0.4, -0.2) is 64.2 Å². The third-order valence-electron chi connectivity index (χ3n) is 11.1. The van der Waals surface area contributed by atoms with Crippen molar-refractivity contribution >= 4 is 5.91 Å². The Morgan fingerprint density at radius 1 is 0.975 bits per heavy atom. The number of likely N-dealkylation sites (tertiary alicyclic amines) is 2. The molecule has 8 rings (SSSR count). The molecule has 6 atom stereocenters. The van der Waals surface area contributed by atoms with Crippen LogP contribution in [0.1, 0.15) is 59.2 Å². The summed E-state index contributed by atoms with van der Waals surface area (Å²) >= 11 is 0. The molecule has 1 saturated carbocycles. The van der Waals surface area contributed by atoms with Crippen LogP contribution in [0.4, 0.5) is 0 Å². The van der Waals surface area contributed by atoms with Crippen molar-refractivity contribution < 1.29 is 14.6 Å². The van der Waals surface area contributed by atoms with E-state index in [0.29, 0.717) is 18.3 Å². The molecule has 1 N–H and O–H groups in total. The topological polar surface area (TPSA) is 53.0 Å². The number of carbonyl (C=O) groups is 1. The number of piperidine rings is 1. The summed E-state index contributed by atoms with van der Waals surface area (Å²) in [6.45, 7) is 2.83. The van der Waals surface area contributed by atoms with E-state index in [1.54, 1.807) is 0 Å². The first-order valence-electron chi connectivity index (χ1n) is 15.2. The van der Waals surface area contributed by atoms with Crippen molar-refractivity contribution in [1.82, 2.24) is 9.80 Å². The zero-order valence-corrected chi connectivity index (χ0v) is 23.0. The second-order valence-corrected chi connectivity index (χ2v) is 12.8. The van der Waals surface area contributed by atoms with Gasteiger partial charge in [0.1, 0.15) is 5.75 Å². The van der Waals surface area contributed by atoms with E-state index in [9.17, 15) is 9.90 Å². The lowest BCUT2D eigenvalue weighted by Gasteiger charge is -2.64. The summed E-state index contributed by atoms with van der Waals surface area (Å²) in [7, 11) is 0. The predicted molar refractivity (Wildman–Crippen MR) is 154 cm³/mol. The highest BCUT2D eigenvalue weighted by Crippen LogP contribution is 2.69. The Morgan fingerprint density at radius 2 is 1.77 bits per heavy atom. The van der Waals surface area contributed by atoms with Crippen molar-refractivity contribution in [2.45, 2.75) is 74.1 Å². The fraction of sp³-hybridized carbons (Fsp3) is 0.457. The molecule has 3 aromatic rings. The van der Waals surface area contributed by atoms with Gasteiger partial charge < -0.3 is 14.7 Å². The molecule has 0 aromatic heterocycles. The standard InChI is InChI=1S/C35H38N2O3/c38-27-15-14-26-21-31-35-17-16-29-32(30(40-35)23-37(29)33(39)25-12-5-2-6-13-25)34(35,28(26)22-27)18-20-36(31)19-8-7-11-24-9-3-1-4-10-24/h1-6,9-10,12-15,22,29-32,38H,7-8,11,16-21,23H2/t29?,30-,31?,32?,34?,35?/m1/s1. The van der Waals surface area contributed by atoms with Gasteiger partial charge in [0.05, 0.1) is 11.7 Å². The normalized spacial score (nSPS) is 33.5. The zero-order chi connectivity index (χ0) is 26.9. The molecule has 2 aliphatic carbocycles. The number of aryl methyl sites for hydroxylation is 1. The van der Waals surface area contributed by atoms with Crippen molar-refractivity contribution in [1.29, 1.82) is 0 Å². The van der Waals surface area contributed by atoms with Gasteiger partial charge in [-0.1, -0.05) is 54.6 Å². The van der Waals surface area contributed by atoms with Crippen LogP contribution in [0, 0.1) is 5.92 Å². The van der Waals surface area contributed by atoms with Crippen LogP contribution in [0.15, 0.2) is 78.9 Å². The van der Waals surface area contributed by atoms with Crippen molar-refractivity contribution in [3.8, 4) is 5.75 Å². The van der Waals surface area contributed by atoms with E-state index in [1.165, 1.54) is 29.5 Å². The molecule has 40 heavy (non-hydrogen) atoms. The van der Waals surface area contributed by atoms with Gasteiger partial charge >= 0.3 is 0 Å². The number of phenols is 1. The van der Waals surface area contributed by atoms with E-state index in [-0.39, 0.29) is 35.0 Å². The monoisotopic (exact) mass is 534 g/mol. The lowest BCUT2D eigenvalue weighted by atomic mass is 9.46. The lowest BCUT2D eigenvalue weighted by molar-refractivity contribution is -0.170. The van der Waals surface area contributed by atoms with E-state index < -0.39 is 0 Å². The number of ether oxygens (including phenoxy) is 1. The molecule has 5 aliphatic rings. The Labute approximate surface area is 236 Å². The van der Waals surface area contributed by atoms with Crippen LogP contribution in [0.2, 0.25) is 0 Å². The number of hydrogen-bond donors (Lipinski definition) is 1. The van der Waals surface area contributed by atoms with Crippen molar-refractivity contribution in [2.24, 2.45) is 5.92 Å². The van der Waals surface area contributed by atoms with Gasteiger partial charge in [0, 0.05) is 35.5 Å². The summed E-state index contributed by atoms with van der Waals surface area (Å²) in [6, 6.07) is 27.2. The van der Waals surface area contributed by atoms with Gasteiger partial charge in [-0.15, -0.1) is 0 Å². The minimum atomic E-state index is -0.237. The fourth-order valence-electron chi connectivity index (χ4n) is 9.71. The van der Waals surface area contributed by atoms with Crippen LogP contribution < -0.4 is 0 Å². The molecule has 0 radical (unpaired) electrons. The molecule has 4 bridgehead atoms. The average Bonchev–Trinajstić information content (AvgIpc) is 3.44. The van der Waals surface area contributed by atoms with Crippen LogP contribution in [-0.2, 0) is 23.0 Å². The molecule has 1 amide bonds. The number of fused-ring (bicyclic) bond motifs is 1. The number of benzene rings is 3. The average molecular weight is 535 g/mol. The molecule has 3 aromatic carbocycles. The van der Waals surface area contributed by atoms with Crippen molar-refractivity contribution in [2.75, 3.05) is 19.6 Å². The van der Waals surface area contributed by atoms with Crippen LogP contribution in [0.25, 0.3) is 0 Å². The first-order valence-corrected chi connectivity index (χ1v) is 15.2. The highest BCUT2D eigenvalue weighted by atomic mass is 16.5. The summed E-state index contributed by atoms with van der Waals surface area (Å²) in [4.78, 5) is 18.6. The number of rotatable bonds is 6. The highest BCUT2D eigenvalue weighted by Gasteiger charge is 2.78. The molecule has 3 aliphatic heterocycles. The number of amides is 1. The highest BCUT2D eigenvalue weighted by molar-refractivity contribution is 5.94. The number of aromatic hydroxyl groups is 1. The molecule has 206 valence electrons. The number of unbranched alkanes of at least 4 members (excludes halogenated alkanes) is 1. The molecule has 5 nitrogen and oxygen atoms in total. The number of carbonyl (C=O) groups excluding carboxylic acids is 1. The molecule has 5 heteroatoms. The van der Waals surface area contributed by atoms with E-state index in [1.807, 2.05) is 42.5 Å². The van der Waals surface area contributed by atoms with Gasteiger partial charge in [-0.25, -0.2) is 0 Å². The summed E-state index contributed by atoms with van der Waals surface area (Å²) in [6.07, 6.45) is 7.54. The summed E-state index contributed by atoms with van der Waals surface area (Å²) in [5.41, 5.74) is 4.47. The second kappa shape index (κ2) is 9.19. The lowest BCUT2D eigenvalue weighted by Crippen LogP contribution is -2.74. The van der Waals surface area contributed by atoms with Gasteiger partial charge in [-0.05, 0) is 99.0 Å². The maximum absolute atomic E-state index is 13.7. The van der Waals surface area contributed by atoms with Gasteiger partial charge in [0.2, 0.25) is 0 Å². The largest absolute Gasteiger partial charge is 0.508 e. The summed E-state index contributed by atoms with van der Waals surface area (Å²) < 4.78 is 7.33. The van der Waals surface area contributed by atoms with E-state index >= 15 is 0 Å². The molecule has 5 unspecified atom stereocenters. The SMILES string of the molecule is O=C(c1ccccc1)N1C[C@H]2OC34CCC1C2C31CCN(CCCCc2ccccc2)C4Cc2ccc(O)cc21. The van der Waals surface area contributed by atoms with Gasteiger partial charge in [0.15, 0.2) is 0 Å². The Bertz CT molecular complexity index is 1430. The molecule has 4 fully saturated rings. The smallest absolute Gasteiger partial charge is 0.254 e. The molecular weight excluding hydrogens is 496 g/mol. The quantitative estimate of drug-likeness (QED) is 0.433. The third kappa shape index (κ3) is 3.37.